The van der Waals surface area contributed by atoms with E-state index in [1.165, 1.54) is 0 Å². The first kappa shape index (κ1) is 9.42. The Labute approximate surface area is 88.5 Å². The Kier molecular flexibility index (Phi) is 1.94. The van der Waals surface area contributed by atoms with Gasteiger partial charge in [0.1, 0.15) is 6.54 Å². The molecule has 3 aliphatic rings. The van der Waals surface area contributed by atoms with Crippen LogP contribution in [0.5, 0.6) is 0 Å². The van der Waals surface area contributed by atoms with Crippen molar-refractivity contribution in [3.8, 4) is 0 Å². The van der Waals surface area contributed by atoms with Crippen LogP contribution in [0, 0.1) is 11.1 Å². The van der Waals surface area contributed by atoms with Gasteiger partial charge in [0.25, 0.3) is 0 Å². The summed E-state index contributed by atoms with van der Waals surface area (Å²) in [6.45, 7) is 1.80. The van der Waals surface area contributed by atoms with Gasteiger partial charge in [-0.25, -0.2) is 4.79 Å². The minimum Gasteiger partial charge on any atom is -0.633 e. The molecule has 3 rings (SSSR count). The Morgan fingerprint density at radius 1 is 1.33 bits per heavy atom. The number of carbonyl (C=O) groups is 1. The van der Waals surface area contributed by atoms with Crippen LogP contribution in [0.2, 0.25) is 0 Å². The molecule has 5 heteroatoms. The minimum absolute atomic E-state index is 0.144. The molecule has 1 amide bonds. The number of nitrogens with one attached hydrogen (secondary N) is 1. The predicted octanol–water partition coefficient (Wildman–Crippen LogP) is 0.592. The molecule has 3 atom stereocenters. The number of piperidine rings is 1. The third kappa shape index (κ3) is 1.81. The summed E-state index contributed by atoms with van der Waals surface area (Å²) >= 11 is 0. The third-order valence-electron chi connectivity index (χ3n) is 3.67. The SMILES string of the molecule is O=C(NC1CC1)OC1C[N+]2([O-])CCC1C2. The summed E-state index contributed by atoms with van der Waals surface area (Å²) in [7, 11) is 0. The van der Waals surface area contributed by atoms with Crippen LogP contribution in [0.4, 0.5) is 4.79 Å². The van der Waals surface area contributed by atoms with Crippen molar-refractivity contribution in [3.63, 3.8) is 0 Å². The van der Waals surface area contributed by atoms with Crippen molar-refractivity contribution in [2.75, 3.05) is 19.6 Å². The van der Waals surface area contributed by atoms with Gasteiger partial charge in [-0.1, -0.05) is 0 Å². The predicted molar refractivity (Wildman–Crippen MR) is 52.8 cm³/mol. The van der Waals surface area contributed by atoms with Gasteiger partial charge in [-0.3, -0.25) is 0 Å². The van der Waals surface area contributed by atoms with E-state index >= 15 is 0 Å². The standard InChI is InChI=1S/C10H16N2O3/c13-10(11-8-1-2-8)15-9-6-12(14)4-3-7(9)5-12/h7-9H,1-6H2,(H,11,13). The minimum atomic E-state index is -0.331. The summed E-state index contributed by atoms with van der Waals surface area (Å²) in [5.74, 6) is 0.299. The van der Waals surface area contributed by atoms with Crippen molar-refractivity contribution >= 4 is 6.09 Å². The fourth-order valence-corrected chi connectivity index (χ4v) is 2.66. The van der Waals surface area contributed by atoms with Gasteiger partial charge < -0.3 is 19.9 Å². The largest absolute Gasteiger partial charge is 0.633 e. The van der Waals surface area contributed by atoms with Crippen molar-refractivity contribution in [1.82, 2.24) is 5.32 Å². The number of ether oxygens (including phenoxy) is 1. The number of amides is 1. The summed E-state index contributed by atoms with van der Waals surface area (Å²) in [4.78, 5) is 11.4. The summed E-state index contributed by atoms with van der Waals surface area (Å²) in [5, 5.41) is 14.6. The molecule has 0 spiro atoms. The number of hydrogen-bond donors (Lipinski definition) is 1. The highest BCUT2D eigenvalue weighted by Crippen LogP contribution is 2.36. The van der Waals surface area contributed by atoms with E-state index in [1.54, 1.807) is 0 Å². The molecule has 2 heterocycles. The Morgan fingerprint density at radius 2 is 2.13 bits per heavy atom. The van der Waals surface area contributed by atoms with Crippen LogP contribution < -0.4 is 5.32 Å². The van der Waals surface area contributed by atoms with Crippen LogP contribution in [0.1, 0.15) is 19.3 Å². The first-order valence-electron chi connectivity index (χ1n) is 5.69. The topological polar surface area (TPSA) is 61.4 Å². The number of nitrogens with zero attached hydrogens (tertiary/aromatic N) is 1. The molecule has 5 nitrogen and oxygen atoms in total. The average Bonchev–Trinajstić information content (AvgIpc) is 2.79. The van der Waals surface area contributed by atoms with E-state index in [0.29, 0.717) is 31.6 Å². The van der Waals surface area contributed by atoms with Gasteiger partial charge in [0, 0.05) is 12.5 Å². The maximum absolute atomic E-state index is 11.9. The van der Waals surface area contributed by atoms with E-state index in [1.807, 2.05) is 0 Å². The molecule has 2 saturated heterocycles. The molecule has 15 heavy (non-hydrogen) atoms. The van der Waals surface area contributed by atoms with E-state index in [4.69, 9.17) is 4.74 Å². The maximum atomic E-state index is 11.9. The number of alkyl carbamates (subject to hydrolysis) is 1. The van der Waals surface area contributed by atoms with E-state index in [2.05, 4.69) is 5.32 Å². The summed E-state index contributed by atoms with van der Waals surface area (Å²) in [5.41, 5.74) is 0. The molecular formula is C10H16N2O3. The molecular weight excluding hydrogens is 196 g/mol. The molecule has 0 aromatic heterocycles. The zero-order valence-corrected chi connectivity index (χ0v) is 8.65. The zero-order valence-electron chi connectivity index (χ0n) is 8.65. The lowest BCUT2D eigenvalue weighted by Crippen LogP contribution is -2.43. The number of quaternary nitrogens is 1. The molecule has 2 aliphatic heterocycles. The number of rotatable bonds is 2. The lowest BCUT2D eigenvalue weighted by molar-refractivity contribution is -0.861. The highest BCUT2D eigenvalue weighted by molar-refractivity contribution is 5.68. The lowest BCUT2D eigenvalue weighted by Gasteiger charge is -2.36. The fourth-order valence-electron chi connectivity index (χ4n) is 2.66. The van der Waals surface area contributed by atoms with E-state index < -0.39 is 0 Å². The van der Waals surface area contributed by atoms with E-state index in [-0.39, 0.29) is 16.8 Å². The second-order valence-electron chi connectivity index (χ2n) is 5.06. The summed E-state index contributed by atoms with van der Waals surface area (Å²) < 4.78 is 5.15. The summed E-state index contributed by atoms with van der Waals surface area (Å²) in [6, 6.07) is 0.326. The van der Waals surface area contributed by atoms with Crippen LogP contribution in [0.15, 0.2) is 0 Å². The van der Waals surface area contributed by atoms with Crippen molar-refractivity contribution < 1.29 is 14.2 Å². The quantitative estimate of drug-likeness (QED) is 0.538. The molecule has 0 aromatic carbocycles. The Bertz CT molecular complexity index is 292. The van der Waals surface area contributed by atoms with E-state index in [9.17, 15) is 10.0 Å². The van der Waals surface area contributed by atoms with Crippen LogP contribution >= 0.6 is 0 Å². The number of hydroxylamine groups is 3. The van der Waals surface area contributed by atoms with Crippen molar-refractivity contribution in [2.45, 2.75) is 31.4 Å². The normalized spacial score (nSPS) is 43.0. The zero-order chi connectivity index (χ0) is 10.5. The van der Waals surface area contributed by atoms with Crippen LogP contribution in [0.25, 0.3) is 0 Å². The molecule has 0 aromatic rings. The number of carbonyl (C=O) groups excluding carboxylic acids is 1. The Morgan fingerprint density at radius 3 is 2.67 bits per heavy atom. The van der Waals surface area contributed by atoms with Gasteiger partial charge in [-0.15, -0.1) is 0 Å². The van der Waals surface area contributed by atoms with Crippen molar-refractivity contribution in [1.29, 1.82) is 0 Å². The molecule has 1 N–H and O–H groups in total. The van der Waals surface area contributed by atoms with Gasteiger partial charge in [0.2, 0.25) is 0 Å². The second kappa shape index (κ2) is 3.09. The monoisotopic (exact) mass is 212 g/mol. The highest BCUT2D eigenvalue weighted by atomic mass is 16.6. The van der Waals surface area contributed by atoms with E-state index in [0.717, 1.165) is 19.3 Å². The number of fused-ring (bicyclic) bond motifs is 2. The molecule has 3 fully saturated rings. The van der Waals surface area contributed by atoms with Gasteiger partial charge in [-0.2, -0.15) is 0 Å². The maximum Gasteiger partial charge on any atom is 0.407 e. The van der Waals surface area contributed by atoms with Crippen molar-refractivity contribution in [2.24, 2.45) is 5.92 Å². The van der Waals surface area contributed by atoms with Gasteiger partial charge in [0.15, 0.2) is 6.10 Å². The molecule has 2 bridgehead atoms. The Balaban J connectivity index is 1.53. The van der Waals surface area contributed by atoms with Crippen LogP contribution in [-0.4, -0.2) is 42.5 Å². The fraction of sp³-hybridized carbons (Fsp3) is 0.900. The highest BCUT2D eigenvalue weighted by Gasteiger charge is 2.48. The van der Waals surface area contributed by atoms with Gasteiger partial charge >= 0.3 is 6.09 Å². The smallest absolute Gasteiger partial charge is 0.407 e. The first-order valence-corrected chi connectivity index (χ1v) is 5.69. The molecule has 1 saturated carbocycles. The molecule has 1 aliphatic carbocycles. The molecule has 3 unspecified atom stereocenters. The third-order valence-corrected chi connectivity index (χ3v) is 3.67. The van der Waals surface area contributed by atoms with Crippen LogP contribution in [0.3, 0.4) is 0 Å². The molecule has 0 radical (unpaired) electrons. The first-order chi connectivity index (χ1) is 7.15. The van der Waals surface area contributed by atoms with Crippen LogP contribution in [-0.2, 0) is 4.74 Å². The lowest BCUT2D eigenvalue weighted by atomic mass is 10.0. The van der Waals surface area contributed by atoms with Gasteiger partial charge in [-0.05, 0) is 12.8 Å². The van der Waals surface area contributed by atoms with Gasteiger partial charge in [0.05, 0.1) is 19.0 Å². The van der Waals surface area contributed by atoms with Crippen molar-refractivity contribution in [3.05, 3.63) is 5.21 Å². The average molecular weight is 212 g/mol. The summed E-state index contributed by atoms with van der Waals surface area (Å²) in [6.07, 6.45) is 2.55. The second-order valence-corrected chi connectivity index (χ2v) is 5.06. The Hall–Kier alpha value is -0.810. The number of hydrogen-bond acceptors (Lipinski definition) is 3. The molecule has 84 valence electrons.